The van der Waals surface area contributed by atoms with Crippen molar-refractivity contribution in [2.45, 2.75) is 71.1 Å². The van der Waals surface area contributed by atoms with Crippen LogP contribution in [0.4, 0.5) is 0 Å². The first-order valence-electron chi connectivity index (χ1n) is 7.03. The molecule has 2 saturated heterocycles. The molecule has 1 atom stereocenters. The van der Waals surface area contributed by atoms with Gasteiger partial charge in [-0.3, -0.25) is 4.90 Å². The number of hydrogen-bond donors (Lipinski definition) is 0. The van der Waals surface area contributed by atoms with Gasteiger partial charge >= 0.3 is 0 Å². The number of piperidine rings is 1. The first-order chi connectivity index (χ1) is 8.18. The quantitative estimate of drug-likeness (QED) is 0.718. The van der Waals surface area contributed by atoms with Crippen LogP contribution in [-0.2, 0) is 4.74 Å². The third-order valence-corrected chi connectivity index (χ3v) is 4.64. The summed E-state index contributed by atoms with van der Waals surface area (Å²) >= 11 is 0. The molecule has 3 heteroatoms. The van der Waals surface area contributed by atoms with Gasteiger partial charge in [0.1, 0.15) is 0 Å². The average Bonchev–Trinajstić information content (AvgIpc) is 2.48. The lowest BCUT2D eigenvalue weighted by Gasteiger charge is -2.42. The highest BCUT2D eigenvalue weighted by Gasteiger charge is 2.49. The molecular weight excluding hydrogens is 224 g/mol. The van der Waals surface area contributed by atoms with Gasteiger partial charge in [-0.2, -0.15) is 5.26 Å². The number of nitriles is 1. The van der Waals surface area contributed by atoms with E-state index < -0.39 is 0 Å². The molecule has 0 N–H and O–H groups in total. The van der Waals surface area contributed by atoms with E-state index in [9.17, 15) is 5.26 Å². The normalized spacial score (nSPS) is 34.1. The molecule has 2 rings (SSSR count). The fraction of sp³-hybridized carbons (Fsp3) is 0.933. The van der Waals surface area contributed by atoms with Crippen LogP contribution in [0.1, 0.15) is 53.9 Å². The zero-order chi connectivity index (χ0) is 13.6. The van der Waals surface area contributed by atoms with Crippen LogP contribution in [0, 0.1) is 16.7 Å². The van der Waals surface area contributed by atoms with Gasteiger partial charge in [0.2, 0.25) is 0 Å². The second-order valence-corrected chi connectivity index (χ2v) is 7.39. The summed E-state index contributed by atoms with van der Waals surface area (Å²) in [6.45, 7) is 12.9. The van der Waals surface area contributed by atoms with Crippen molar-refractivity contribution in [3.8, 4) is 6.07 Å². The lowest BCUT2D eigenvalue weighted by atomic mass is 9.80. The zero-order valence-electron chi connectivity index (χ0n) is 12.4. The van der Waals surface area contributed by atoms with E-state index in [4.69, 9.17) is 4.74 Å². The summed E-state index contributed by atoms with van der Waals surface area (Å²) in [6.07, 6.45) is 3.05. The first kappa shape index (κ1) is 13.8. The van der Waals surface area contributed by atoms with E-state index in [1.807, 2.05) is 0 Å². The molecule has 3 nitrogen and oxygen atoms in total. The van der Waals surface area contributed by atoms with Gasteiger partial charge in [-0.25, -0.2) is 0 Å². The lowest BCUT2D eigenvalue weighted by Crippen LogP contribution is -2.50. The minimum Gasteiger partial charge on any atom is -0.368 e. The molecule has 102 valence electrons. The molecule has 0 amide bonds. The summed E-state index contributed by atoms with van der Waals surface area (Å²) in [4.78, 5) is 2.54. The van der Waals surface area contributed by atoms with Crippen LogP contribution >= 0.6 is 0 Å². The van der Waals surface area contributed by atoms with Crippen molar-refractivity contribution >= 4 is 0 Å². The Hall–Kier alpha value is -0.590. The monoisotopic (exact) mass is 250 g/mol. The van der Waals surface area contributed by atoms with Crippen molar-refractivity contribution < 1.29 is 4.74 Å². The van der Waals surface area contributed by atoms with Crippen molar-refractivity contribution in [3.05, 3.63) is 0 Å². The van der Waals surface area contributed by atoms with Gasteiger partial charge in [0.15, 0.2) is 0 Å². The molecule has 0 saturated carbocycles. The van der Waals surface area contributed by atoms with Gasteiger partial charge in [-0.15, -0.1) is 0 Å². The van der Waals surface area contributed by atoms with Gasteiger partial charge in [0.05, 0.1) is 22.7 Å². The Labute approximate surface area is 111 Å². The van der Waals surface area contributed by atoms with E-state index in [0.29, 0.717) is 6.04 Å². The summed E-state index contributed by atoms with van der Waals surface area (Å²) in [5.74, 6) is 0. The predicted molar refractivity (Wildman–Crippen MR) is 72.2 cm³/mol. The first-order valence-corrected chi connectivity index (χ1v) is 7.03. The summed E-state index contributed by atoms with van der Waals surface area (Å²) in [5, 5.41) is 9.19. The van der Waals surface area contributed by atoms with Crippen molar-refractivity contribution in [2.24, 2.45) is 5.41 Å². The molecule has 2 aliphatic rings. The Kier molecular flexibility index (Phi) is 3.24. The van der Waals surface area contributed by atoms with Gasteiger partial charge in [0.25, 0.3) is 0 Å². The topological polar surface area (TPSA) is 36.3 Å². The summed E-state index contributed by atoms with van der Waals surface area (Å²) < 4.78 is 6.17. The van der Waals surface area contributed by atoms with Crippen LogP contribution in [-0.4, -0.2) is 35.2 Å². The van der Waals surface area contributed by atoms with Crippen LogP contribution in [0.15, 0.2) is 0 Å². The van der Waals surface area contributed by atoms with Crippen molar-refractivity contribution in [1.29, 1.82) is 5.26 Å². The number of hydrogen-bond acceptors (Lipinski definition) is 3. The standard InChI is InChI=1S/C15H26N2O/c1-13(2)10-12(14(3,4)18-13)17-8-6-15(5,11-16)7-9-17/h12H,6-10H2,1-5H3. The number of ether oxygens (including phenoxy) is 1. The second-order valence-electron chi connectivity index (χ2n) is 7.39. The number of rotatable bonds is 1. The van der Waals surface area contributed by atoms with Crippen LogP contribution in [0.2, 0.25) is 0 Å². The smallest absolute Gasteiger partial charge is 0.0789 e. The Morgan fingerprint density at radius 3 is 2.06 bits per heavy atom. The van der Waals surface area contributed by atoms with Crippen molar-refractivity contribution in [1.82, 2.24) is 4.90 Å². The molecule has 1 unspecified atom stereocenters. The van der Waals surface area contributed by atoms with Gasteiger partial charge in [-0.1, -0.05) is 0 Å². The Morgan fingerprint density at radius 1 is 1.11 bits per heavy atom. The minimum atomic E-state index is -0.115. The molecule has 0 aromatic heterocycles. The maximum absolute atomic E-state index is 9.19. The van der Waals surface area contributed by atoms with Crippen molar-refractivity contribution in [3.63, 3.8) is 0 Å². The molecular formula is C15H26N2O. The minimum absolute atomic E-state index is 0.0237. The van der Waals surface area contributed by atoms with Gasteiger partial charge in [-0.05, 0) is 53.9 Å². The van der Waals surface area contributed by atoms with E-state index in [1.165, 1.54) is 0 Å². The molecule has 0 spiro atoms. The molecule has 2 fully saturated rings. The fourth-order valence-electron chi connectivity index (χ4n) is 3.54. The van der Waals surface area contributed by atoms with Crippen LogP contribution < -0.4 is 0 Å². The van der Waals surface area contributed by atoms with Gasteiger partial charge in [0, 0.05) is 19.1 Å². The second kappa shape index (κ2) is 4.21. The Bertz CT molecular complexity index is 359. The highest BCUT2D eigenvalue weighted by molar-refractivity contribution is 5.04. The molecule has 0 radical (unpaired) electrons. The molecule has 0 aliphatic carbocycles. The molecule has 0 aromatic carbocycles. The Morgan fingerprint density at radius 2 is 1.67 bits per heavy atom. The average molecular weight is 250 g/mol. The van der Waals surface area contributed by atoms with Crippen molar-refractivity contribution in [2.75, 3.05) is 13.1 Å². The highest BCUT2D eigenvalue weighted by Crippen LogP contribution is 2.42. The lowest BCUT2D eigenvalue weighted by molar-refractivity contribution is -0.0834. The molecule has 0 bridgehead atoms. The largest absolute Gasteiger partial charge is 0.368 e. The predicted octanol–water partition coefficient (Wildman–Crippen LogP) is 2.96. The maximum Gasteiger partial charge on any atom is 0.0789 e. The molecule has 2 aliphatic heterocycles. The van der Waals surface area contributed by atoms with Crippen LogP contribution in [0.5, 0.6) is 0 Å². The van der Waals surface area contributed by atoms with E-state index in [1.54, 1.807) is 0 Å². The molecule has 2 heterocycles. The third-order valence-electron chi connectivity index (χ3n) is 4.64. The number of nitrogens with zero attached hydrogens (tertiary/aromatic N) is 2. The highest BCUT2D eigenvalue weighted by atomic mass is 16.5. The third kappa shape index (κ3) is 2.55. The number of likely N-dealkylation sites (tertiary alicyclic amines) is 1. The van der Waals surface area contributed by atoms with Crippen LogP contribution in [0.3, 0.4) is 0 Å². The Balaban J connectivity index is 2.05. The van der Waals surface area contributed by atoms with Gasteiger partial charge < -0.3 is 4.74 Å². The van der Waals surface area contributed by atoms with Crippen LogP contribution in [0.25, 0.3) is 0 Å². The maximum atomic E-state index is 9.19. The SMILES string of the molecule is CC1(C#N)CCN(C2CC(C)(C)OC2(C)C)CC1. The fourth-order valence-corrected chi connectivity index (χ4v) is 3.54. The molecule has 18 heavy (non-hydrogen) atoms. The van der Waals surface area contributed by atoms with E-state index >= 15 is 0 Å². The molecule has 0 aromatic rings. The van der Waals surface area contributed by atoms with E-state index in [-0.39, 0.29) is 16.6 Å². The van der Waals surface area contributed by atoms with E-state index in [0.717, 1.165) is 32.4 Å². The summed E-state index contributed by atoms with van der Waals surface area (Å²) in [6, 6.07) is 2.95. The summed E-state index contributed by atoms with van der Waals surface area (Å²) in [7, 11) is 0. The zero-order valence-corrected chi connectivity index (χ0v) is 12.4. The van der Waals surface area contributed by atoms with E-state index in [2.05, 4.69) is 45.6 Å². The summed E-state index contributed by atoms with van der Waals surface area (Å²) in [5.41, 5.74) is -0.219.